The fraction of sp³-hybridized carbons (Fsp3) is 0.321. The SMILES string of the molecule is CCCc1nc2c(n1Cc1ccc(-c3ccccc3-c3nn[nH]n3)cc1)C(C(=O)OCC)NCC2.O=C(O)C(=O)O. The van der Waals surface area contributed by atoms with Gasteiger partial charge in [-0.05, 0) is 35.2 Å². The molecule has 1 atom stereocenters. The number of nitrogens with one attached hydrogen (secondary N) is 2. The third-order valence-corrected chi connectivity index (χ3v) is 6.44. The molecule has 13 heteroatoms. The zero-order valence-electron chi connectivity index (χ0n) is 22.7. The van der Waals surface area contributed by atoms with Crippen molar-refractivity contribution in [2.45, 2.75) is 45.7 Å². The predicted octanol–water partition coefficient (Wildman–Crippen LogP) is 2.64. The molecular formula is C28H31N7O6. The largest absolute Gasteiger partial charge is 0.473 e. The molecule has 0 bridgehead atoms. The van der Waals surface area contributed by atoms with Crippen molar-refractivity contribution in [2.24, 2.45) is 0 Å². The van der Waals surface area contributed by atoms with Gasteiger partial charge in [0, 0.05) is 31.5 Å². The number of benzene rings is 2. The van der Waals surface area contributed by atoms with Crippen molar-refractivity contribution < 1.29 is 29.3 Å². The molecule has 2 aromatic heterocycles. The molecule has 41 heavy (non-hydrogen) atoms. The van der Waals surface area contributed by atoms with E-state index in [2.05, 4.69) is 67.8 Å². The second-order valence-electron chi connectivity index (χ2n) is 9.17. The Kier molecular flexibility index (Phi) is 9.53. The quantitative estimate of drug-likeness (QED) is 0.183. The lowest BCUT2D eigenvalue weighted by molar-refractivity contribution is -0.159. The Morgan fingerprint density at radius 1 is 1.02 bits per heavy atom. The highest BCUT2D eigenvalue weighted by molar-refractivity contribution is 6.27. The maximum absolute atomic E-state index is 12.7. The van der Waals surface area contributed by atoms with Gasteiger partial charge in [0.25, 0.3) is 0 Å². The van der Waals surface area contributed by atoms with Crippen molar-refractivity contribution in [1.29, 1.82) is 0 Å². The Morgan fingerprint density at radius 3 is 2.34 bits per heavy atom. The lowest BCUT2D eigenvalue weighted by atomic mass is 9.98. The average molecular weight is 562 g/mol. The van der Waals surface area contributed by atoms with Crippen LogP contribution in [0.15, 0.2) is 48.5 Å². The molecule has 0 saturated carbocycles. The van der Waals surface area contributed by atoms with E-state index in [-0.39, 0.29) is 5.97 Å². The molecular weight excluding hydrogens is 530 g/mol. The molecule has 4 aromatic rings. The molecule has 0 radical (unpaired) electrons. The predicted molar refractivity (Wildman–Crippen MR) is 147 cm³/mol. The zero-order chi connectivity index (χ0) is 29.4. The zero-order valence-corrected chi connectivity index (χ0v) is 22.7. The number of imidazole rings is 1. The number of carboxylic acid groups (broad SMARTS) is 2. The molecule has 214 valence electrons. The highest BCUT2D eigenvalue weighted by Crippen LogP contribution is 2.31. The molecule has 0 aliphatic carbocycles. The van der Waals surface area contributed by atoms with Gasteiger partial charge < -0.3 is 19.5 Å². The smallest absolute Gasteiger partial charge is 0.414 e. The highest BCUT2D eigenvalue weighted by Gasteiger charge is 2.33. The first-order valence-electron chi connectivity index (χ1n) is 13.2. The molecule has 5 rings (SSSR count). The van der Waals surface area contributed by atoms with E-state index in [1.54, 1.807) is 0 Å². The number of rotatable bonds is 8. The second-order valence-corrected chi connectivity index (χ2v) is 9.17. The summed E-state index contributed by atoms with van der Waals surface area (Å²) in [7, 11) is 0. The molecule has 0 fully saturated rings. The molecule has 3 heterocycles. The fourth-order valence-electron chi connectivity index (χ4n) is 4.70. The first kappa shape index (κ1) is 29.1. The van der Waals surface area contributed by atoms with E-state index in [0.717, 1.165) is 58.7 Å². The summed E-state index contributed by atoms with van der Waals surface area (Å²) in [4.78, 5) is 35.8. The van der Waals surface area contributed by atoms with Crippen molar-refractivity contribution >= 4 is 17.9 Å². The summed E-state index contributed by atoms with van der Waals surface area (Å²) in [6.45, 7) is 5.69. The van der Waals surface area contributed by atoms with Gasteiger partial charge in [0.2, 0.25) is 5.82 Å². The van der Waals surface area contributed by atoms with Gasteiger partial charge in [0.05, 0.1) is 18.0 Å². The van der Waals surface area contributed by atoms with E-state index in [4.69, 9.17) is 29.5 Å². The summed E-state index contributed by atoms with van der Waals surface area (Å²) in [6, 6.07) is 16.0. The highest BCUT2D eigenvalue weighted by atomic mass is 16.5. The van der Waals surface area contributed by atoms with E-state index < -0.39 is 18.0 Å². The minimum absolute atomic E-state index is 0.244. The Hall–Kier alpha value is -4.91. The van der Waals surface area contributed by atoms with Crippen LogP contribution < -0.4 is 5.32 Å². The molecule has 0 spiro atoms. The number of fused-ring (bicyclic) bond motifs is 1. The number of aliphatic carboxylic acids is 2. The number of aromatic nitrogens is 6. The normalized spacial score (nSPS) is 14.0. The number of esters is 1. The van der Waals surface area contributed by atoms with Crippen molar-refractivity contribution in [3.8, 4) is 22.5 Å². The van der Waals surface area contributed by atoms with Gasteiger partial charge in [-0.2, -0.15) is 5.21 Å². The van der Waals surface area contributed by atoms with Crippen LogP contribution in [0.5, 0.6) is 0 Å². The number of nitrogens with zero attached hydrogens (tertiary/aromatic N) is 5. The van der Waals surface area contributed by atoms with Crippen molar-refractivity contribution in [2.75, 3.05) is 13.2 Å². The van der Waals surface area contributed by atoms with Crippen LogP contribution in [0.2, 0.25) is 0 Å². The third-order valence-electron chi connectivity index (χ3n) is 6.44. The van der Waals surface area contributed by atoms with Crippen LogP contribution in [0.25, 0.3) is 22.5 Å². The molecule has 0 amide bonds. The number of aryl methyl sites for hydroxylation is 1. The van der Waals surface area contributed by atoms with Crippen molar-refractivity contribution in [3.63, 3.8) is 0 Å². The molecule has 4 N–H and O–H groups in total. The summed E-state index contributed by atoms with van der Waals surface area (Å²) in [5.41, 5.74) is 6.10. The fourth-order valence-corrected chi connectivity index (χ4v) is 4.70. The van der Waals surface area contributed by atoms with Gasteiger partial charge in [0.15, 0.2) is 0 Å². The number of carbonyl (C=O) groups excluding carboxylic acids is 1. The van der Waals surface area contributed by atoms with Gasteiger partial charge in [0.1, 0.15) is 11.9 Å². The molecule has 1 aliphatic heterocycles. The van der Waals surface area contributed by atoms with Crippen LogP contribution in [-0.2, 0) is 38.5 Å². The standard InChI is InChI=1S/C26H29N7O2.C2H2O4/c1-3-7-22-28-21-14-15-27-23(26(34)35-4-2)24(21)33(22)16-17-10-12-18(13-11-17)19-8-5-6-9-20(19)25-29-31-32-30-25;3-1(4)2(5)6/h5-6,8-13,23,27H,3-4,7,14-16H2,1-2H3,(H,29,30,31,32);(H,3,4)(H,5,6). The van der Waals surface area contributed by atoms with Gasteiger partial charge in [-0.15, -0.1) is 10.2 Å². The van der Waals surface area contributed by atoms with Crippen LogP contribution in [0, 0.1) is 0 Å². The number of ether oxygens (including phenoxy) is 1. The molecule has 1 aliphatic rings. The number of hydrogen-bond acceptors (Lipinski definition) is 9. The molecule has 2 aromatic carbocycles. The number of hydrogen-bond donors (Lipinski definition) is 4. The summed E-state index contributed by atoms with van der Waals surface area (Å²) >= 11 is 0. The average Bonchev–Trinajstić information content (AvgIpc) is 3.63. The summed E-state index contributed by atoms with van der Waals surface area (Å²) in [5, 5.41) is 32.6. The van der Waals surface area contributed by atoms with Gasteiger partial charge >= 0.3 is 17.9 Å². The first-order chi connectivity index (χ1) is 19.8. The van der Waals surface area contributed by atoms with Crippen LogP contribution >= 0.6 is 0 Å². The summed E-state index contributed by atoms with van der Waals surface area (Å²) in [5.74, 6) is -2.31. The lowest BCUT2D eigenvalue weighted by Crippen LogP contribution is -2.37. The Bertz CT molecular complexity index is 1490. The summed E-state index contributed by atoms with van der Waals surface area (Å²) < 4.78 is 7.56. The number of carboxylic acids is 2. The minimum atomic E-state index is -1.82. The third kappa shape index (κ3) is 6.81. The van der Waals surface area contributed by atoms with Gasteiger partial charge in [-0.3, -0.25) is 5.32 Å². The minimum Gasteiger partial charge on any atom is -0.473 e. The number of carbonyl (C=O) groups is 3. The van der Waals surface area contributed by atoms with E-state index in [9.17, 15) is 4.79 Å². The van der Waals surface area contributed by atoms with Crippen molar-refractivity contribution in [1.82, 2.24) is 35.5 Å². The van der Waals surface area contributed by atoms with E-state index >= 15 is 0 Å². The molecule has 0 saturated heterocycles. The Labute approximate surface area is 235 Å². The Balaban J connectivity index is 0.000000585. The van der Waals surface area contributed by atoms with Crippen LogP contribution in [0.3, 0.4) is 0 Å². The van der Waals surface area contributed by atoms with Gasteiger partial charge in [-0.1, -0.05) is 55.5 Å². The number of H-pyrrole nitrogens is 1. The lowest BCUT2D eigenvalue weighted by Gasteiger charge is -2.24. The molecule has 1 unspecified atom stereocenters. The van der Waals surface area contributed by atoms with E-state index in [0.29, 0.717) is 25.5 Å². The number of tetrazole rings is 1. The maximum atomic E-state index is 12.7. The van der Waals surface area contributed by atoms with E-state index in [1.165, 1.54) is 0 Å². The van der Waals surface area contributed by atoms with Crippen molar-refractivity contribution in [3.05, 3.63) is 71.3 Å². The maximum Gasteiger partial charge on any atom is 0.414 e. The van der Waals surface area contributed by atoms with Crippen LogP contribution in [0.4, 0.5) is 0 Å². The molecule has 13 nitrogen and oxygen atoms in total. The number of aromatic amines is 1. The van der Waals surface area contributed by atoms with E-state index in [1.807, 2.05) is 25.1 Å². The van der Waals surface area contributed by atoms with Gasteiger partial charge in [-0.25, -0.2) is 19.4 Å². The van der Waals surface area contributed by atoms with Crippen LogP contribution in [-0.4, -0.2) is 71.4 Å². The monoisotopic (exact) mass is 561 g/mol. The second kappa shape index (κ2) is 13.4. The topological polar surface area (TPSA) is 185 Å². The first-order valence-corrected chi connectivity index (χ1v) is 13.2. The van der Waals surface area contributed by atoms with Crippen LogP contribution in [0.1, 0.15) is 49.1 Å². The summed E-state index contributed by atoms with van der Waals surface area (Å²) in [6.07, 6.45) is 2.65. The Morgan fingerprint density at radius 2 is 1.73 bits per heavy atom.